The highest BCUT2D eigenvalue weighted by Gasteiger charge is 2.46. The summed E-state index contributed by atoms with van der Waals surface area (Å²) in [5, 5.41) is 11.6. The Morgan fingerprint density at radius 3 is 2.25 bits per heavy atom. The molecule has 0 radical (unpaired) electrons. The van der Waals surface area contributed by atoms with E-state index in [1.165, 1.54) is 4.90 Å². The molecule has 1 atom stereocenters. The van der Waals surface area contributed by atoms with Crippen LogP contribution in [0.25, 0.3) is 5.76 Å². The van der Waals surface area contributed by atoms with Crippen LogP contribution in [0.1, 0.15) is 35.2 Å². The van der Waals surface area contributed by atoms with Gasteiger partial charge in [0.15, 0.2) is 23.0 Å². The van der Waals surface area contributed by atoms with Crippen molar-refractivity contribution < 1.29 is 33.6 Å². The molecular formula is C36H33NO7. The number of aliphatic hydroxyl groups excluding tert-OH is 1. The van der Waals surface area contributed by atoms with Crippen molar-refractivity contribution in [2.75, 3.05) is 26.4 Å². The zero-order chi connectivity index (χ0) is 30.5. The summed E-state index contributed by atoms with van der Waals surface area (Å²) in [6.07, 6.45) is 0.533. The first-order valence-corrected chi connectivity index (χ1v) is 14.7. The molecule has 2 aliphatic rings. The number of fused-ring (bicyclic) bond motifs is 1. The second-order valence-corrected chi connectivity index (χ2v) is 10.5. The van der Waals surface area contributed by atoms with Gasteiger partial charge in [-0.25, -0.2) is 0 Å². The van der Waals surface area contributed by atoms with Gasteiger partial charge in [0.1, 0.15) is 25.6 Å². The molecule has 4 aromatic rings. The lowest BCUT2D eigenvalue weighted by Gasteiger charge is -2.26. The van der Waals surface area contributed by atoms with Gasteiger partial charge in [-0.2, -0.15) is 0 Å². The first-order chi connectivity index (χ1) is 21.5. The van der Waals surface area contributed by atoms with Crippen LogP contribution in [0.15, 0.2) is 103 Å². The third kappa shape index (κ3) is 5.97. The molecule has 44 heavy (non-hydrogen) atoms. The Kier molecular flexibility index (Phi) is 8.50. The van der Waals surface area contributed by atoms with Crippen LogP contribution in [0.5, 0.6) is 23.0 Å². The number of Topliss-reactive ketones (excluding diaryl/α,β-unsaturated/α-hetero) is 1. The van der Waals surface area contributed by atoms with Crippen LogP contribution < -0.4 is 18.9 Å². The van der Waals surface area contributed by atoms with Gasteiger partial charge >= 0.3 is 0 Å². The minimum atomic E-state index is -0.853. The molecule has 0 spiro atoms. The average molecular weight is 592 g/mol. The number of ether oxygens (including phenoxy) is 4. The topological polar surface area (TPSA) is 94.5 Å². The minimum absolute atomic E-state index is 0.000131. The molecule has 4 aromatic carbocycles. The van der Waals surface area contributed by atoms with Crippen molar-refractivity contribution in [3.05, 3.63) is 125 Å². The number of likely N-dealkylation sites (tertiary alicyclic amines) is 1. The molecule has 1 fully saturated rings. The van der Waals surface area contributed by atoms with E-state index in [0.717, 1.165) is 11.1 Å². The van der Waals surface area contributed by atoms with Crippen LogP contribution in [0, 0.1) is 0 Å². The monoisotopic (exact) mass is 591 g/mol. The van der Waals surface area contributed by atoms with Crippen molar-refractivity contribution in [3.8, 4) is 23.0 Å². The SMILES string of the molecule is CCOc1cc([C@H]2C(=C(O)c3ccc4c(c3)OCCO4)C(=O)C(=O)N2CCc2ccccc2)ccc1OCc1ccccc1. The maximum Gasteiger partial charge on any atom is 0.295 e. The Morgan fingerprint density at radius 1 is 0.818 bits per heavy atom. The number of hydrogen-bond acceptors (Lipinski definition) is 7. The summed E-state index contributed by atoms with van der Waals surface area (Å²) >= 11 is 0. The summed E-state index contributed by atoms with van der Waals surface area (Å²) in [6.45, 7) is 3.68. The third-order valence-electron chi connectivity index (χ3n) is 7.66. The van der Waals surface area contributed by atoms with E-state index in [-0.39, 0.29) is 17.9 Å². The number of nitrogens with zero attached hydrogens (tertiary/aromatic N) is 1. The van der Waals surface area contributed by atoms with Crippen molar-refractivity contribution in [1.29, 1.82) is 0 Å². The Morgan fingerprint density at radius 2 is 1.52 bits per heavy atom. The predicted octanol–water partition coefficient (Wildman–Crippen LogP) is 6.10. The van der Waals surface area contributed by atoms with E-state index in [4.69, 9.17) is 18.9 Å². The summed E-state index contributed by atoms with van der Waals surface area (Å²) in [5.74, 6) is 0.329. The molecule has 1 N–H and O–H groups in total. The van der Waals surface area contributed by atoms with Gasteiger partial charge in [-0.05, 0) is 60.4 Å². The quantitative estimate of drug-likeness (QED) is 0.135. The minimum Gasteiger partial charge on any atom is -0.507 e. The van der Waals surface area contributed by atoms with Gasteiger partial charge < -0.3 is 29.0 Å². The maximum atomic E-state index is 13.6. The number of ketones is 1. The van der Waals surface area contributed by atoms with Gasteiger partial charge in [0, 0.05) is 12.1 Å². The van der Waals surface area contributed by atoms with E-state index in [1.54, 1.807) is 30.3 Å². The van der Waals surface area contributed by atoms with Gasteiger partial charge in [-0.3, -0.25) is 9.59 Å². The fraction of sp³-hybridized carbons (Fsp3) is 0.222. The first-order valence-electron chi connectivity index (χ1n) is 14.7. The molecule has 8 nitrogen and oxygen atoms in total. The van der Waals surface area contributed by atoms with Crippen molar-refractivity contribution >= 4 is 17.4 Å². The number of carbonyl (C=O) groups is 2. The lowest BCUT2D eigenvalue weighted by atomic mass is 9.94. The zero-order valence-corrected chi connectivity index (χ0v) is 24.4. The molecule has 0 aromatic heterocycles. The fourth-order valence-electron chi connectivity index (χ4n) is 5.52. The standard InChI is InChI=1S/C36H33NO7/c1-2-41-30-21-26(13-15-29(30)44-23-25-11-7-4-8-12-25)33-32(34(38)27-14-16-28-31(22-27)43-20-19-42-28)35(39)36(40)37(33)18-17-24-9-5-3-6-10-24/h3-16,21-22,33,38H,2,17-20,23H2,1H3/t33-/m0/s1. The Hall–Kier alpha value is -5.24. The van der Waals surface area contributed by atoms with Crippen molar-refractivity contribution in [2.45, 2.75) is 26.0 Å². The lowest BCUT2D eigenvalue weighted by molar-refractivity contribution is -0.139. The number of hydrogen-bond donors (Lipinski definition) is 1. The van der Waals surface area contributed by atoms with Crippen LogP contribution in [-0.2, 0) is 22.6 Å². The molecule has 0 saturated carbocycles. The molecule has 1 saturated heterocycles. The summed E-state index contributed by atoms with van der Waals surface area (Å²) in [6, 6.07) is 29.1. The van der Waals surface area contributed by atoms with E-state index in [9.17, 15) is 14.7 Å². The van der Waals surface area contributed by atoms with Crippen LogP contribution >= 0.6 is 0 Å². The molecule has 0 bridgehead atoms. The normalized spacial score (nSPS) is 17.0. The van der Waals surface area contributed by atoms with Crippen molar-refractivity contribution in [1.82, 2.24) is 4.90 Å². The second-order valence-electron chi connectivity index (χ2n) is 10.5. The highest BCUT2D eigenvalue weighted by Crippen LogP contribution is 2.43. The van der Waals surface area contributed by atoms with Crippen molar-refractivity contribution in [3.63, 3.8) is 0 Å². The molecule has 2 heterocycles. The highest BCUT2D eigenvalue weighted by atomic mass is 16.6. The van der Waals surface area contributed by atoms with Crippen LogP contribution in [0.4, 0.5) is 0 Å². The van der Waals surface area contributed by atoms with Gasteiger partial charge in [0.25, 0.3) is 11.7 Å². The number of carbonyl (C=O) groups excluding carboxylic acids is 2. The summed E-state index contributed by atoms with van der Waals surface area (Å²) in [5.41, 5.74) is 3.01. The predicted molar refractivity (Wildman–Crippen MR) is 165 cm³/mol. The lowest BCUT2D eigenvalue weighted by Crippen LogP contribution is -2.31. The summed E-state index contributed by atoms with van der Waals surface area (Å²) in [7, 11) is 0. The molecule has 0 unspecified atom stereocenters. The number of benzene rings is 4. The molecule has 8 heteroatoms. The molecule has 0 aliphatic carbocycles. The number of rotatable bonds is 10. The van der Waals surface area contributed by atoms with E-state index in [2.05, 4.69) is 0 Å². The average Bonchev–Trinajstić information content (AvgIpc) is 3.32. The highest BCUT2D eigenvalue weighted by molar-refractivity contribution is 6.46. The molecule has 1 amide bonds. The fourth-order valence-corrected chi connectivity index (χ4v) is 5.52. The smallest absolute Gasteiger partial charge is 0.295 e. The molecule has 2 aliphatic heterocycles. The Balaban J connectivity index is 1.40. The molecule has 224 valence electrons. The first kappa shape index (κ1) is 28.9. The zero-order valence-electron chi connectivity index (χ0n) is 24.4. The van der Waals surface area contributed by atoms with Crippen molar-refractivity contribution in [2.24, 2.45) is 0 Å². The van der Waals surface area contributed by atoms with E-state index in [0.29, 0.717) is 67.0 Å². The largest absolute Gasteiger partial charge is 0.507 e. The van der Waals surface area contributed by atoms with E-state index < -0.39 is 17.7 Å². The third-order valence-corrected chi connectivity index (χ3v) is 7.66. The second kappa shape index (κ2) is 13.0. The van der Waals surface area contributed by atoms with Gasteiger partial charge in [0.2, 0.25) is 0 Å². The summed E-state index contributed by atoms with van der Waals surface area (Å²) in [4.78, 5) is 28.7. The van der Waals surface area contributed by atoms with Gasteiger partial charge in [-0.1, -0.05) is 66.7 Å². The van der Waals surface area contributed by atoms with Crippen LogP contribution in [-0.4, -0.2) is 48.1 Å². The van der Waals surface area contributed by atoms with E-state index >= 15 is 0 Å². The number of aliphatic hydroxyl groups is 1. The Labute approximate surface area is 256 Å². The Bertz CT molecular complexity index is 1680. The summed E-state index contributed by atoms with van der Waals surface area (Å²) < 4.78 is 23.4. The molecular weight excluding hydrogens is 558 g/mol. The van der Waals surface area contributed by atoms with Crippen LogP contribution in [0.3, 0.4) is 0 Å². The van der Waals surface area contributed by atoms with Gasteiger partial charge in [-0.15, -0.1) is 0 Å². The van der Waals surface area contributed by atoms with Gasteiger partial charge in [0.05, 0.1) is 18.2 Å². The molecule has 6 rings (SSSR count). The number of amides is 1. The van der Waals surface area contributed by atoms with Crippen LogP contribution in [0.2, 0.25) is 0 Å². The van der Waals surface area contributed by atoms with E-state index in [1.807, 2.05) is 73.7 Å². The maximum absolute atomic E-state index is 13.6.